The molecule has 3 heterocycles. The maximum atomic E-state index is 13.0. The van der Waals surface area contributed by atoms with Gasteiger partial charge in [0.1, 0.15) is 5.75 Å². The lowest BCUT2D eigenvalue weighted by atomic mass is 9.96. The van der Waals surface area contributed by atoms with E-state index in [0.29, 0.717) is 29.6 Å². The minimum Gasteiger partial charge on any atom is -0.495 e. The second kappa shape index (κ2) is 7.80. The van der Waals surface area contributed by atoms with Gasteiger partial charge in [-0.25, -0.2) is 0 Å². The number of pyridine rings is 1. The molecule has 1 aliphatic heterocycles. The molecule has 2 aromatic heterocycles. The van der Waals surface area contributed by atoms with Crippen molar-refractivity contribution < 1.29 is 14.1 Å². The molecule has 0 unspecified atom stereocenters. The largest absolute Gasteiger partial charge is 0.495 e. The molecule has 4 rings (SSSR count). The van der Waals surface area contributed by atoms with Crippen molar-refractivity contribution in [2.24, 2.45) is 0 Å². The fraction of sp³-hybridized carbons (Fsp3) is 0.333. The standard InChI is InChI=1S/C21H22N4O3/c1-14-23-20(24-28-14)17-4-3-9-25(13-17)21(26)16-7-5-15(6-8-16)18-10-19(27-2)12-22-11-18/h5-8,10-12,17H,3-4,9,13H2,1-2H3/t17-/m1/s1. The van der Waals surface area contributed by atoms with Gasteiger partial charge in [-0.2, -0.15) is 4.98 Å². The van der Waals surface area contributed by atoms with Crippen molar-refractivity contribution in [1.82, 2.24) is 20.0 Å². The molecule has 3 aromatic rings. The first-order valence-electron chi connectivity index (χ1n) is 9.33. The molecule has 1 aliphatic rings. The molecule has 1 atom stereocenters. The van der Waals surface area contributed by atoms with Crippen molar-refractivity contribution >= 4 is 5.91 Å². The number of hydrogen-bond acceptors (Lipinski definition) is 6. The summed E-state index contributed by atoms with van der Waals surface area (Å²) in [5.74, 6) is 2.10. The Morgan fingerprint density at radius 2 is 2.04 bits per heavy atom. The Hall–Kier alpha value is -3.22. The monoisotopic (exact) mass is 378 g/mol. The van der Waals surface area contributed by atoms with Crippen LogP contribution in [0.3, 0.4) is 0 Å². The molecule has 7 nitrogen and oxygen atoms in total. The molecular weight excluding hydrogens is 356 g/mol. The van der Waals surface area contributed by atoms with E-state index in [9.17, 15) is 4.79 Å². The Balaban J connectivity index is 1.48. The number of aromatic nitrogens is 3. The summed E-state index contributed by atoms with van der Waals surface area (Å²) < 4.78 is 10.3. The molecule has 0 radical (unpaired) electrons. The fourth-order valence-corrected chi connectivity index (χ4v) is 3.53. The van der Waals surface area contributed by atoms with E-state index in [1.165, 1.54) is 0 Å². The van der Waals surface area contributed by atoms with Crippen LogP contribution in [0.4, 0.5) is 0 Å². The minimum atomic E-state index is 0.0280. The summed E-state index contributed by atoms with van der Waals surface area (Å²) in [7, 11) is 1.62. The van der Waals surface area contributed by atoms with Gasteiger partial charge >= 0.3 is 0 Å². The zero-order chi connectivity index (χ0) is 19.5. The lowest BCUT2D eigenvalue weighted by molar-refractivity contribution is 0.0703. The maximum Gasteiger partial charge on any atom is 0.253 e. The summed E-state index contributed by atoms with van der Waals surface area (Å²) in [6, 6.07) is 9.52. The van der Waals surface area contributed by atoms with Crippen LogP contribution in [-0.4, -0.2) is 46.1 Å². The highest BCUT2D eigenvalue weighted by molar-refractivity contribution is 5.94. The molecule has 0 spiro atoms. The van der Waals surface area contributed by atoms with E-state index in [1.807, 2.05) is 35.2 Å². The molecule has 1 fully saturated rings. The first kappa shape index (κ1) is 18.2. The summed E-state index contributed by atoms with van der Waals surface area (Å²) in [4.78, 5) is 23.3. The van der Waals surface area contributed by atoms with Crippen LogP contribution >= 0.6 is 0 Å². The van der Waals surface area contributed by atoms with Crippen molar-refractivity contribution in [2.45, 2.75) is 25.7 Å². The van der Waals surface area contributed by atoms with Gasteiger partial charge in [-0.05, 0) is 36.6 Å². The number of piperidine rings is 1. The topological polar surface area (TPSA) is 81.4 Å². The van der Waals surface area contributed by atoms with Gasteiger partial charge in [-0.1, -0.05) is 17.3 Å². The zero-order valence-corrected chi connectivity index (χ0v) is 16.0. The van der Waals surface area contributed by atoms with E-state index >= 15 is 0 Å². The molecular formula is C21H22N4O3. The average Bonchev–Trinajstić information content (AvgIpc) is 3.20. The van der Waals surface area contributed by atoms with Crippen molar-refractivity contribution in [1.29, 1.82) is 0 Å². The van der Waals surface area contributed by atoms with Crippen LogP contribution in [0.15, 0.2) is 47.2 Å². The minimum absolute atomic E-state index is 0.0280. The maximum absolute atomic E-state index is 13.0. The fourth-order valence-electron chi connectivity index (χ4n) is 3.53. The molecule has 0 bridgehead atoms. The normalized spacial score (nSPS) is 16.8. The summed E-state index contributed by atoms with van der Waals surface area (Å²) in [6.45, 7) is 3.13. The Bertz CT molecular complexity index is 968. The van der Waals surface area contributed by atoms with Crippen LogP contribution in [0.1, 0.15) is 40.8 Å². The van der Waals surface area contributed by atoms with Crippen LogP contribution in [0.25, 0.3) is 11.1 Å². The summed E-state index contributed by atoms with van der Waals surface area (Å²) in [5, 5.41) is 4.03. The highest BCUT2D eigenvalue weighted by atomic mass is 16.5. The van der Waals surface area contributed by atoms with Gasteiger partial charge in [0.25, 0.3) is 5.91 Å². The molecule has 0 saturated carbocycles. The number of hydrogen-bond donors (Lipinski definition) is 0. The number of methoxy groups -OCH3 is 1. The Labute approximate surface area is 163 Å². The third-order valence-corrected chi connectivity index (χ3v) is 5.03. The molecule has 0 N–H and O–H groups in total. The van der Waals surface area contributed by atoms with E-state index in [1.54, 1.807) is 26.4 Å². The SMILES string of the molecule is COc1cncc(-c2ccc(C(=O)N3CCC[C@@H](c4noc(C)n4)C3)cc2)c1. The second-order valence-corrected chi connectivity index (χ2v) is 6.95. The van der Waals surface area contributed by atoms with Crippen LogP contribution in [-0.2, 0) is 0 Å². The molecule has 1 amide bonds. The van der Waals surface area contributed by atoms with E-state index in [-0.39, 0.29) is 11.8 Å². The molecule has 0 aliphatic carbocycles. The Morgan fingerprint density at radius 1 is 1.21 bits per heavy atom. The number of amides is 1. The van der Waals surface area contributed by atoms with Crippen molar-refractivity contribution in [3.8, 4) is 16.9 Å². The van der Waals surface area contributed by atoms with Crippen LogP contribution in [0.5, 0.6) is 5.75 Å². The molecule has 144 valence electrons. The zero-order valence-electron chi connectivity index (χ0n) is 16.0. The molecule has 28 heavy (non-hydrogen) atoms. The van der Waals surface area contributed by atoms with Crippen molar-refractivity contribution in [3.05, 3.63) is 60.0 Å². The number of benzene rings is 1. The number of rotatable bonds is 4. The lowest BCUT2D eigenvalue weighted by Gasteiger charge is -2.31. The van der Waals surface area contributed by atoms with Gasteiger partial charge < -0.3 is 14.2 Å². The van der Waals surface area contributed by atoms with Gasteiger partial charge in [0.15, 0.2) is 5.82 Å². The van der Waals surface area contributed by atoms with E-state index < -0.39 is 0 Å². The van der Waals surface area contributed by atoms with Gasteiger partial charge in [0, 0.05) is 43.3 Å². The first-order chi connectivity index (χ1) is 13.6. The first-order valence-corrected chi connectivity index (χ1v) is 9.33. The van der Waals surface area contributed by atoms with E-state index in [2.05, 4.69) is 15.1 Å². The van der Waals surface area contributed by atoms with E-state index in [4.69, 9.17) is 9.26 Å². The number of carbonyl (C=O) groups excluding carboxylic acids is 1. The quantitative estimate of drug-likeness (QED) is 0.691. The van der Waals surface area contributed by atoms with Gasteiger partial charge in [0.2, 0.25) is 5.89 Å². The predicted molar refractivity (Wildman–Crippen MR) is 103 cm³/mol. The van der Waals surface area contributed by atoms with E-state index in [0.717, 1.165) is 30.5 Å². The highest BCUT2D eigenvalue weighted by Crippen LogP contribution is 2.27. The summed E-state index contributed by atoms with van der Waals surface area (Å²) >= 11 is 0. The van der Waals surface area contributed by atoms with Crippen LogP contribution < -0.4 is 4.74 Å². The van der Waals surface area contributed by atoms with Crippen molar-refractivity contribution in [3.63, 3.8) is 0 Å². The molecule has 1 saturated heterocycles. The smallest absolute Gasteiger partial charge is 0.253 e. The summed E-state index contributed by atoms with van der Waals surface area (Å²) in [6.07, 6.45) is 5.34. The number of carbonyl (C=O) groups is 1. The third kappa shape index (κ3) is 3.74. The number of aryl methyl sites for hydroxylation is 1. The average molecular weight is 378 g/mol. The predicted octanol–water partition coefficient (Wildman–Crippen LogP) is 3.47. The number of likely N-dealkylation sites (tertiary alicyclic amines) is 1. The number of nitrogens with zero attached hydrogens (tertiary/aromatic N) is 4. The van der Waals surface area contributed by atoms with Crippen molar-refractivity contribution in [2.75, 3.05) is 20.2 Å². The van der Waals surface area contributed by atoms with Gasteiger partial charge in [0.05, 0.1) is 13.3 Å². The van der Waals surface area contributed by atoms with Gasteiger partial charge in [-0.3, -0.25) is 9.78 Å². The van der Waals surface area contributed by atoms with Gasteiger partial charge in [-0.15, -0.1) is 0 Å². The summed E-state index contributed by atoms with van der Waals surface area (Å²) in [5.41, 5.74) is 2.61. The Kier molecular flexibility index (Phi) is 5.06. The molecule has 7 heteroatoms. The van der Waals surface area contributed by atoms with Crippen LogP contribution in [0.2, 0.25) is 0 Å². The highest BCUT2D eigenvalue weighted by Gasteiger charge is 2.28. The second-order valence-electron chi connectivity index (χ2n) is 6.95. The number of ether oxygens (including phenoxy) is 1. The lowest BCUT2D eigenvalue weighted by Crippen LogP contribution is -2.39. The van der Waals surface area contributed by atoms with Crippen LogP contribution in [0, 0.1) is 6.92 Å². The third-order valence-electron chi connectivity index (χ3n) is 5.03. The Morgan fingerprint density at radius 3 is 2.75 bits per heavy atom. The molecule has 1 aromatic carbocycles.